The van der Waals surface area contributed by atoms with Crippen LogP contribution in [-0.2, 0) is 11.3 Å². The first-order valence-electron chi connectivity index (χ1n) is 8.54. The Balaban J connectivity index is 1.46. The van der Waals surface area contributed by atoms with Crippen molar-refractivity contribution >= 4 is 11.6 Å². The fourth-order valence-corrected chi connectivity index (χ4v) is 3.46. The second-order valence-corrected chi connectivity index (χ2v) is 6.62. The highest BCUT2D eigenvalue weighted by Crippen LogP contribution is 2.29. The van der Waals surface area contributed by atoms with E-state index in [0.717, 1.165) is 23.2 Å². The second-order valence-electron chi connectivity index (χ2n) is 6.26. The fraction of sp³-hybridized carbons (Fsp3) is 0.263. The molecule has 0 spiro atoms. The predicted octanol–water partition coefficient (Wildman–Crippen LogP) is 2.83. The summed E-state index contributed by atoms with van der Waals surface area (Å²) in [5.41, 5.74) is 2.71. The molecule has 1 fully saturated rings. The van der Waals surface area contributed by atoms with Crippen LogP contribution in [-0.4, -0.2) is 27.4 Å². The molecule has 0 amide bonds. The van der Waals surface area contributed by atoms with E-state index >= 15 is 0 Å². The van der Waals surface area contributed by atoms with Gasteiger partial charge < -0.3 is 15.0 Å². The second kappa shape index (κ2) is 7.45. The molecule has 6 nitrogen and oxygen atoms in total. The fourth-order valence-electron chi connectivity index (χ4n) is 3.20. The van der Waals surface area contributed by atoms with Gasteiger partial charge in [-0.2, -0.15) is 5.10 Å². The molecule has 1 aliphatic rings. The number of benzene rings is 1. The van der Waals surface area contributed by atoms with Crippen LogP contribution in [0.1, 0.15) is 23.7 Å². The Hall–Kier alpha value is -2.41. The Labute approximate surface area is 155 Å². The summed E-state index contributed by atoms with van der Waals surface area (Å²) in [6.45, 7) is 1.28. The van der Waals surface area contributed by atoms with Crippen molar-refractivity contribution in [3.63, 3.8) is 0 Å². The lowest BCUT2D eigenvalue weighted by Crippen LogP contribution is -2.31. The van der Waals surface area contributed by atoms with E-state index in [1.165, 1.54) is 6.07 Å². The van der Waals surface area contributed by atoms with Gasteiger partial charge in [-0.3, -0.25) is 4.79 Å². The van der Waals surface area contributed by atoms with Crippen LogP contribution in [0.3, 0.4) is 0 Å². The van der Waals surface area contributed by atoms with Crippen molar-refractivity contribution in [3.05, 3.63) is 81.5 Å². The highest BCUT2D eigenvalue weighted by atomic mass is 35.5. The zero-order chi connectivity index (χ0) is 17.9. The van der Waals surface area contributed by atoms with E-state index in [1.54, 1.807) is 17.1 Å². The zero-order valence-corrected chi connectivity index (χ0v) is 14.8. The van der Waals surface area contributed by atoms with Crippen LogP contribution >= 0.6 is 11.6 Å². The number of pyridine rings is 1. The van der Waals surface area contributed by atoms with Gasteiger partial charge in [-0.25, -0.2) is 4.68 Å². The third-order valence-corrected chi connectivity index (χ3v) is 4.97. The summed E-state index contributed by atoms with van der Waals surface area (Å²) < 4.78 is 7.57. The van der Waals surface area contributed by atoms with Crippen molar-refractivity contribution in [2.24, 2.45) is 0 Å². The molecule has 1 aromatic carbocycles. The van der Waals surface area contributed by atoms with E-state index in [2.05, 4.69) is 15.4 Å². The Morgan fingerprint density at radius 2 is 2.12 bits per heavy atom. The zero-order valence-electron chi connectivity index (χ0n) is 14.1. The van der Waals surface area contributed by atoms with Crippen molar-refractivity contribution in [2.75, 3.05) is 6.61 Å². The number of aromatic nitrogens is 3. The highest BCUT2D eigenvalue weighted by molar-refractivity contribution is 6.30. The van der Waals surface area contributed by atoms with Gasteiger partial charge in [0.2, 0.25) is 5.56 Å². The molecule has 0 aliphatic carbocycles. The molecule has 1 aliphatic heterocycles. The molecular weight excluding hydrogens is 352 g/mol. The van der Waals surface area contributed by atoms with Crippen LogP contribution in [0.15, 0.2) is 59.7 Å². The number of hydrogen-bond acceptors (Lipinski definition) is 4. The minimum Gasteiger partial charge on any atom is -0.372 e. The lowest BCUT2D eigenvalue weighted by atomic mass is 10.0. The molecule has 26 heavy (non-hydrogen) atoms. The number of aromatic amines is 1. The monoisotopic (exact) mass is 370 g/mol. The summed E-state index contributed by atoms with van der Waals surface area (Å²) >= 11 is 6.50. The molecule has 2 atom stereocenters. The molecule has 7 heteroatoms. The smallest absolute Gasteiger partial charge is 0.247 e. The van der Waals surface area contributed by atoms with Crippen molar-refractivity contribution in [3.8, 4) is 5.69 Å². The van der Waals surface area contributed by atoms with Crippen LogP contribution in [0.4, 0.5) is 0 Å². The molecular formula is C19H19ClN4O2. The van der Waals surface area contributed by atoms with Gasteiger partial charge in [0.15, 0.2) is 0 Å². The standard InChI is InChI=1S/C19H19ClN4O2/c20-19-14(12-23-24(19)15-4-2-1-3-5-15)11-21-16-8-9-26-18(16)13-6-7-17(25)22-10-13/h1-7,10,12,16,18,21H,8-9,11H2,(H,22,25)/t16-,18+/m1/s1. The van der Waals surface area contributed by atoms with Crippen LogP contribution < -0.4 is 10.9 Å². The molecule has 4 rings (SSSR count). The van der Waals surface area contributed by atoms with E-state index in [1.807, 2.05) is 36.4 Å². The molecule has 3 aromatic rings. The van der Waals surface area contributed by atoms with Crippen molar-refractivity contribution in [2.45, 2.75) is 25.1 Å². The van der Waals surface area contributed by atoms with E-state index < -0.39 is 0 Å². The largest absolute Gasteiger partial charge is 0.372 e. The number of halogens is 1. The summed E-state index contributed by atoms with van der Waals surface area (Å²) in [7, 11) is 0. The Kier molecular flexibility index (Phi) is 4.88. The molecule has 1 saturated heterocycles. The predicted molar refractivity (Wildman–Crippen MR) is 99.6 cm³/mol. The Morgan fingerprint density at radius 3 is 2.88 bits per heavy atom. The quantitative estimate of drug-likeness (QED) is 0.724. The maximum absolute atomic E-state index is 11.2. The summed E-state index contributed by atoms with van der Waals surface area (Å²) in [4.78, 5) is 14.0. The maximum Gasteiger partial charge on any atom is 0.247 e. The number of rotatable bonds is 5. The highest BCUT2D eigenvalue weighted by Gasteiger charge is 2.29. The van der Waals surface area contributed by atoms with Gasteiger partial charge in [0.1, 0.15) is 5.15 Å². The van der Waals surface area contributed by atoms with Gasteiger partial charge in [0.25, 0.3) is 0 Å². The molecule has 0 radical (unpaired) electrons. The third kappa shape index (κ3) is 3.44. The molecule has 0 saturated carbocycles. The van der Waals surface area contributed by atoms with Crippen molar-refractivity contribution in [1.29, 1.82) is 0 Å². The first-order valence-corrected chi connectivity index (χ1v) is 8.91. The molecule has 2 aromatic heterocycles. The normalized spacial score (nSPS) is 19.7. The van der Waals surface area contributed by atoms with Gasteiger partial charge in [0, 0.05) is 37.0 Å². The third-order valence-electron chi connectivity index (χ3n) is 4.56. The summed E-state index contributed by atoms with van der Waals surface area (Å²) in [6.07, 6.45) is 4.31. The van der Waals surface area contributed by atoms with Gasteiger partial charge >= 0.3 is 0 Å². The van der Waals surface area contributed by atoms with Crippen LogP contribution in [0.25, 0.3) is 5.69 Å². The van der Waals surface area contributed by atoms with Crippen LogP contribution in [0.5, 0.6) is 0 Å². The Bertz CT molecular complexity index is 918. The average Bonchev–Trinajstić information content (AvgIpc) is 3.28. The van der Waals surface area contributed by atoms with Crippen molar-refractivity contribution in [1.82, 2.24) is 20.1 Å². The number of ether oxygens (including phenoxy) is 1. The SMILES string of the molecule is O=c1ccc([C@@H]2OCC[C@H]2NCc2cnn(-c3ccccc3)c2Cl)c[nH]1. The first-order chi connectivity index (χ1) is 12.7. The molecule has 0 bridgehead atoms. The van der Waals surface area contributed by atoms with E-state index in [9.17, 15) is 4.79 Å². The van der Waals surface area contributed by atoms with Gasteiger partial charge in [-0.15, -0.1) is 0 Å². The van der Waals surface area contributed by atoms with Crippen molar-refractivity contribution < 1.29 is 4.74 Å². The van der Waals surface area contributed by atoms with E-state index in [0.29, 0.717) is 18.3 Å². The summed E-state index contributed by atoms with van der Waals surface area (Å²) in [6, 6.07) is 13.3. The van der Waals surface area contributed by atoms with Gasteiger partial charge in [0.05, 0.1) is 18.0 Å². The number of hydrogen-bond donors (Lipinski definition) is 2. The van der Waals surface area contributed by atoms with Crippen LogP contribution in [0.2, 0.25) is 5.15 Å². The number of nitrogens with zero attached hydrogens (tertiary/aromatic N) is 2. The van der Waals surface area contributed by atoms with E-state index in [-0.39, 0.29) is 17.7 Å². The molecule has 2 N–H and O–H groups in total. The topological polar surface area (TPSA) is 71.9 Å². The minimum absolute atomic E-state index is 0.0882. The Morgan fingerprint density at radius 1 is 1.27 bits per heavy atom. The molecule has 134 valence electrons. The number of nitrogens with one attached hydrogen (secondary N) is 2. The summed E-state index contributed by atoms with van der Waals surface area (Å²) in [5, 5.41) is 8.50. The maximum atomic E-state index is 11.2. The van der Waals surface area contributed by atoms with Gasteiger partial charge in [-0.05, 0) is 30.2 Å². The number of H-pyrrole nitrogens is 1. The number of para-hydroxylation sites is 1. The lowest BCUT2D eigenvalue weighted by molar-refractivity contribution is 0.0982. The van der Waals surface area contributed by atoms with Crippen LogP contribution in [0, 0.1) is 0 Å². The summed E-state index contributed by atoms with van der Waals surface area (Å²) in [5.74, 6) is 0. The van der Waals surface area contributed by atoms with E-state index in [4.69, 9.17) is 16.3 Å². The van der Waals surface area contributed by atoms with Gasteiger partial charge in [-0.1, -0.05) is 29.8 Å². The average molecular weight is 371 g/mol. The molecule has 0 unspecified atom stereocenters. The first kappa shape index (κ1) is 17.0. The molecule has 3 heterocycles. The minimum atomic E-state index is -0.114. The lowest BCUT2D eigenvalue weighted by Gasteiger charge is -2.20.